The molecule has 2 aromatic heterocycles. The summed E-state index contributed by atoms with van der Waals surface area (Å²) in [5.74, 6) is 1.04. The lowest BCUT2D eigenvalue weighted by Gasteiger charge is -2.10. The van der Waals surface area contributed by atoms with Crippen molar-refractivity contribution >= 4 is 28.6 Å². The van der Waals surface area contributed by atoms with Crippen molar-refractivity contribution in [2.45, 2.75) is 6.54 Å². The fraction of sp³-hybridized carbons (Fsp3) is 0.105. The number of benzene rings is 2. The van der Waals surface area contributed by atoms with Crippen LogP contribution in [0.4, 0.5) is 5.95 Å². The Kier molecular flexibility index (Phi) is 4.52. The molecule has 0 aliphatic heterocycles. The molecule has 0 radical (unpaired) electrons. The Labute approximate surface area is 159 Å². The van der Waals surface area contributed by atoms with E-state index >= 15 is 0 Å². The van der Waals surface area contributed by atoms with E-state index in [0.717, 1.165) is 11.3 Å². The quantitative estimate of drug-likeness (QED) is 0.553. The second-order valence-corrected chi connectivity index (χ2v) is 6.29. The van der Waals surface area contributed by atoms with Crippen molar-refractivity contribution in [3.63, 3.8) is 0 Å². The second-order valence-electron chi connectivity index (χ2n) is 5.85. The van der Waals surface area contributed by atoms with Crippen molar-refractivity contribution in [3.05, 3.63) is 75.7 Å². The lowest BCUT2D eigenvalue weighted by atomic mass is 10.2. The predicted molar refractivity (Wildman–Crippen MR) is 105 cm³/mol. The number of hydrogen-bond acceptors (Lipinski definition) is 5. The van der Waals surface area contributed by atoms with Crippen molar-refractivity contribution in [3.8, 4) is 11.4 Å². The SMILES string of the molecule is COc1ccc(Cl)cc1CNc1nc2c(cnn2-c2ccccc2)c(=O)[nH]1. The fourth-order valence-electron chi connectivity index (χ4n) is 2.82. The van der Waals surface area contributed by atoms with Gasteiger partial charge in [0.15, 0.2) is 5.65 Å². The third-order valence-corrected chi connectivity index (χ3v) is 4.36. The van der Waals surface area contributed by atoms with Crippen LogP contribution in [0.1, 0.15) is 5.56 Å². The Hall–Kier alpha value is -3.32. The highest BCUT2D eigenvalue weighted by atomic mass is 35.5. The molecule has 27 heavy (non-hydrogen) atoms. The smallest absolute Gasteiger partial charge is 0.263 e. The zero-order chi connectivity index (χ0) is 18.8. The van der Waals surface area contributed by atoms with Gasteiger partial charge < -0.3 is 10.1 Å². The first kappa shape index (κ1) is 17.1. The molecule has 0 bridgehead atoms. The number of ether oxygens (including phenoxy) is 1. The van der Waals surface area contributed by atoms with E-state index in [1.54, 1.807) is 30.0 Å². The molecule has 2 heterocycles. The third-order valence-electron chi connectivity index (χ3n) is 4.13. The van der Waals surface area contributed by atoms with Crippen molar-refractivity contribution in [1.82, 2.24) is 19.7 Å². The maximum Gasteiger partial charge on any atom is 0.263 e. The van der Waals surface area contributed by atoms with Crippen molar-refractivity contribution in [1.29, 1.82) is 0 Å². The summed E-state index contributed by atoms with van der Waals surface area (Å²) < 4.78 is 6.98. The van der Waals surface area contributed by atoms with Gasteiger partial charge in [-0.2, -0.15) is 10.1 Å². The number of nitrogens with one attached hydrogen (secondary N) is 2. The summed E-state index contributed by atoms with van der Waals surface area (Å²) in [7, 11) is 1.59. The highest BCUT2D eigenvalue weighted by molar-refractivity contribution is 6.30. The maximum absolute atomic E-state index is 12.4. The Morgan fingerprint density at radius 1 is 1.22 bits per heavy atom. The molecule has 0 atom stereocenters. The number of aromatic nitrogens is 4. The van der Waals surface area contributed by atoms with E-state index in [1.165, 1.54) is 6.20 Å². The average Bonchev–Trinajstić information content (AvgIpc) is 3.12. The van der Waals surface area contributed by atoms with Gasteiger partial charge in [0.1, 0.15) is 11.1 Å². The van der Waals surface area contributed by atoms with Crippen molar-refractivity contribution in [2.24, 2.45) is 0 Å². The molecular weight excluding hydrogens is 366 g/mol. The summed E-state index contributed by atoms with van der Waals surface area (Å²) >= 11 is 6.06. The summed E-state index contributed by atoms with van der Waals surface area (Å²) in [6.45, 7) is 0.387. The molecule has 0 fully saturated rings. The van der Waals surface area contributed by atoms with Crippen LogP contribution in [-0.2, 0) is 6.54 Å². The Bertz CT molecular complexity index is 1150. The molecule has 0 aliphatic carbocycles. The van der Waals surface area contributed by atoms with Gasteiger partial charge in [0.2, 0.25) is 5.95 Å². The summed E-state index contributed by atoms with van der Waals surface area (Å²) in [4.78, 5) is 19.7. The van der Waals surface area contributed by atoms with Gasteiger partial charge in [-0.05, 0) is 30.3 Å². The van der Waals surface area contributed by atoms with Crippen LogP contribution in [0.3, 0.4) is 0 Å². The minimum Gasteiger partial charge on any atom is -0.496 e. The van der Waals surface area contributed by atoms with Crippen molar-refractivity contribution in [2.75, 3.05) is 12.4 Å². The van der Waals surface area contributed by atoms with Crippen LogP contribution in [0.5, 0.6) is 5.75 Å². The third kappa shape index (κ3) is 3.37. The first-order valence-corrected chi connectivity index (χ1v) is 8.63. The van der Waals surface area contributed by atoms with Gasteiger partial charge in [-0.25, -0.2) is 4.68 Å². The van der Waals surface area contributed by atoms with Gasteiger partial charge in [0.25, 0.3) is 5.56 Å². The van der Waals surface area contributed by atoms with Gasteiger partial charge in [0.05, 0.1) is 19.0 Å². The number of anilines is 1. The molecule has 0 amide bonds. The average molecular weight is 382 g/mol. The van der Waals surface area contributed by atoms with E-state index in [4.69, 9.17) is 16.3 Å². The van der Waals surface area contributed by atoms with Crippen LogP contribution < -0.4 is 15.6 Å². The van der Waals surface area contributed by atoms with Gasteiger partial charge in [-0.15, -0.1) is 0 Å². The zero-order valence-electron chi connectivity index (χ0n) is 14.4. The van der Waals surface area contributed by atoms with E-state index in [9.17, 15) is 4.79 Å². The van der Waals surface area contributed by atoms with Crippen molar-refractivity contribution < 1.29 is 4.74 Å². The van der Waals surface area contributed by atoms with Gasteiger partial charge in [-0.3, -0.25) is 9.78 Å². The second kappa shape index (κ2) is 7.13. The highest BCUT2D eigenvalue weighted by Crippen LogP contribution is 2.23. The number of aromatic amines is 1. The Balaban J connectivity index is 1.69. The molecule has 0 aliphatic rings. The minimum absolute atomic E-state index is 0.261. The van der Waals surface area contributed by atoms with Crippen LogP contribution in [-0.4, -0.2) is 26.9 Å². The highest BCUT2D eigenvalue weighted by Gasteiger charge is 2.12. The first-order valence-electron chi connectivity index (χ1n) is 8.25. The number of methoxy groups -OCH3 is 1. The summed E-state index contributed by atoms with van der Waals surface area (Å²) in [5.41, 5.74) is 1.89. The van der Waals surface area contributed by atoms with Crippen LogP contribution in [0, 0.1) is 0 Å². The molecule has 0 saturated carbocycles. The van der Waals surface area contributed by atoms with Crippen LogP contribution in [0.25, 0.3) is 16.7 Å². The molecule has 4 aromatic rings. The standard InChI is InChI=1S/C19H16ClN5O2/c1-27-16-8-7-13(20)9-12(16)10-21-19-23-17-15(18(26)24-19)11-22-25(17)14-5-3-2-4-6-14/h2-9,11H,10H2,1H3,(H2,21,23,24,26). The number of para-hydroxylation sites is 1. The molecule has 7 nitrogen and oxygen atoms in total. The summed E-state index contributed by atoms with van der Waals surface area (Å²) in [6, 6.07) is 14.9. The van der Waals surface area contributed by atoms with Gasteiger partial charge in [-0.1, -0.05) is 29.8 Å². The topological polar surface area (TPSA) is 84.8 Å². The van der Waals surface area contributed by atoms with E-state index in [0.29, 0.717) is 34.3 Å². The van der Waals surface area contributed by atoms with E-state index in [1.807, 2.05) is 30.3 Å². The number of hydrogen-bond donors (Lipinski definition) is 2. The largest absolute Gasteiger partial charge is 0.496 e. The molecule has 136 valence electrons. The monoisotopic (exact) mass is 381 g/mol. The molecule has 2 N–H and O–H groups in total. The lowest BCUT2D eigenvalue weighted by Crippen LogP contribution is -2.14. The van der Waals surface area contributed by atoms with E-state index in [2.05, 4.69) is 20.4 Å². The summed E-state index contributed by atoms with van der Waals surface area (Å²) in [5, 5.41) is 8.44. The van der Waals surface area contributed by atoms with Crippen LogP contribution >= 0.6 is 11.6 Å². The van der Waals surface area contributed by atoms with Crippen LogP contribution in [0.2, 0.25) is 5.02 Å². The molecule has 8 heteroatoms. The number of fused-ring (bicyclic) bond motifs is 1. The van der Waals surface area contributed by atoms with Crippen LogP contribution in [0.15, 0.2) is 59.5 Å². The number of nitrogens with zero attached hydrogens (tertiary/aromatic N) is 3. The normalized spacial score (nSPS) is 10.9. The molecular formula is C19H16ClN5O2. The van der Waals surface area contributed by atoms with Gasteiger partial charge in [0, 0.05) is 17.1 Å². The Morgan fingerprint density at radius 2 is 2.04 bits per heavy atom. The zero-order valence-corrected chi connectivity index (χ0v) is 15.2. The van der Waals surface area contributed by atoms with E-state index < -0.39 is 0 Å². The molecule has 0 saturated heterocycles. The molecule has 0 unspecified atom stereocenters. The maximum atomic E-state index is 12.4. The summed E-state index contributed by atoms with van der Waals surface area (Å²) in [6.07, 6.45) is 1.51. The van der Waals surface area contributed by atoms with E-state index in [-0.39, 0.29) is 5.56 Å². The van der Waals surface area contributed by atoms with Gasteiger partial charge >= 0.3 is 0 Å². The fourth-order valence-corrected chi connectivity index (χ4v) is 3.02. The first-order chi connectivity index (χ1) is 13.2. The predicted octanol–water partition coefficient (Wildman–Crippen LogP) is 3.38. The number of halogens is 1. The number of H-pyrrole nitrogens is 1. The molecule has 0 spiro atoms. The minimum atomic E-state index is -0.261. The number of rotatable bonds is 5. The Morgan fingerprint density at radius 3 is 2.81 bits per heavy atom. The molecule has 4 rings (SSSR count). The lowest BCUT2D eigenvalue weighted by molar-refractivity contribution is 0.410. The molecule has 2 aromatic carbocycles.